The Morgan fingerprint density at radius 2 is 1.78 bits per heavy atom. The average molecular weight is 1010 g/mol. The van der Waals surface area contributed by atoms with Crippen molar-refractivity contribution < 1.29 is 27.4 Å². The minimum Gasteiger partial charge on any atom is -0.490 e. The number of sulfonamides is 1. The second-order valence-electron chi connectivity index (χ2n) is 17.8. The highest BCUT2D eigenvalue weighted by molar-refractivity contribution is 14.1. The lowest BCUT2D eigenvalue weighted by Gasteiger charge is -2.53. The molecule has 14 heteroatoms. The molecule has 2 N–H and O–H groups in total. The molecule has 9 rings (SSSR count). The number of carbonyl (C=O) groups excluding carboxylic acids is 1. The molecule has 4 fully saturated rings. The van der Waals surface area contributed by atoms with Gasteiger partial charge in [0.2, 0.25) is 10.0 Å². The van der Waals surface area contributed by atoms with Gasteiger partial charge in [0.25, 0.3) is 5.91 Å². The number of nitrogens with zero attached hydrogens (tertiary/aromatic N) is 1. The van der Waals surface area contributed by atoms with Crippen LogP contribution >= 0.6 is 57.7 Å². The first-order chi connectivity index (χ1) is 28.9. The van der Waals surface area contributed by atoms with Gasteiger partial charge in [0.05, 0.1) is 34.3 Å². The van der Waals surface area contributed by atoms with E-state index < -0.39 is 26.8 Å². The summed E-state index contributed by atoms with van der Waals surface area (Å²) < 4.78 is 49.8. The third kappa shape index (κ3) is 10.0. The molecular weight excluding hydrogens is 949 g/mol. The Morgan fingerprint density at radius 3 is 2.43 bits per heavy atom. The van der Waals surface area contributed by atoms with E-state index in [1.165, 1.54) is 41.2 Å². The number of hydrogen-bond donors (Lipinski definition) is 2. The molecule has 2 spiro atoms. The van der Waals surface area contributed by atoms with Crippen molar-refractivity contribution in [2.45, 2.75) is 111 Å². The lowest BCUT2D eigenvalue weighted by Crippen LogP contribution is -2.56. The molecule has 2 bridgehead atoms. The van der Waals surface area contributed by atoms with E-state index in [4.69, 9.17) is 25.8 Å². The molecule has 0 radical (unpaired) electrons. The Hall–Kier alpha value is -1.20. The van der Waals surface area contributed by atoms with Crippen molar-refractivity contribution in [2.24, 2.45) is 17.8 Å². The number of aryl methyl sites for hydroxylation is 1. The molecule has 0 aromatic heterocycles. The van der Waals surface area contributed by atoms with E-state index in [2.05, 4.69) is 68.7 Å². The van der Waals surface area contributed by atoms with Crippen LogP contribution in [0.2, 0.25) is 5.02 Å². The summed E-state index contributed by atoms with van der Waals surface area (Å²) in [6, 6.07) is 11.7. The van der Waals surface area contributed by atoms with Crippen LogP contribution in [0.15, 0.2) is 48.6 Å². The Bertz CT molecular complexity index is 1940. The molecule has 5 heterocycles. The fraction of sp³-hybridized carbons (Fsp3) is 0.674. The summed E-state index contributed by atoms with van der Waals surface area (Å²) >= 11 is 12.8. The predicted molar refractivity (Wildman–Crippen MR) is 258 cm³/mol. The zero-order valence-corrected chi connectivity index (χ0v) is 41.2. The molecule has 2 aromatic carbocycles. The van der Waals surface area contributed by atoms with Crippen molar-refractivity contribution in [1.29, 1.82) is 0 Å². The molecule has 6 atom stereocenters. The summed E-state index contributed by atoms with van der Waals surface area (Å²) in [6.07, 6.45) is 15.2. The van der Waals surface area contributed by atoms with Gasteiger partial charge in [-0.25, -0.2) is 13.1 Å². The molecule has 60 heavy (non-hydrogen) atoms. The molecular formula is C46H65ClIN3O6S3. The quantitative estimate of drug-likeness (QED) is 0.172. The number of benzene rings is 2. The second kappa shape index (κ2) is 20.3. The molecule has 2 aliphatic carbocycles. The topological polar surface area (TPSA) is 106 Å². The molecule has 332 valence electrons. The minimum atomic E-state index is -3.93. The fourth-order valence-electron chi connectivity index (χ4n) is 10.3. The molecule has 1 saturated carbocycles. The maximum absolute atomic E-state index is 13.6. The second-order valence-corrected chi connectivity index (χ2v) is 24.5. The smallest absolute Gasteiger partial charge is 0.264 e. The van der Waals surface area contributed by atoms with Crippen molar-refractivity contribution in [3.63, 3.8) is 0 Å². The van der Waals surface area contributed by atoms with Gasteiger partial charge in [-0.2, -0.15) is 0 Å². The predicted octanol–water partition coefficient (Wildman–Crippen LogP) is 9.44. The molecule has 1 amide bonds. The van der Waals surface area contributed by atoms with Crippen LogP contribution in [0.25, 0.3) is 0 Å². The van der Waals surface area contributed by atoms with Crippen LogP contribution < -0.4 is 19.7 Å². The van der Waals surface area contributed by atoms with Gasteiger partial charge in [0.15, 0.2) is 0 Å². The van der Waals surface area contributed by atoms with Gasteiger partial charge < -0.3 is 24.4 Å². The first-order valence-corrected chi connectivity index (χ1v) is 27.7. The highest BCUT2D eigenvalue weighted by atomic mass is 127. The molecule has 0 unspecified atom stereocenters. The monoisotopic (exact) mass is 1010 g/mol. The van der Waals surface area contributed by atoms with E-state index in [-0.39, 0.29) is 15.9 Å². The largest absolute Gasteiger partial charge is 0.490 e. The third-order valence-electron chi connectivity index (χ3n) is 14.2. The number of allylic oxidation sites excluding steroid dienone is 1. The van der Waals surface area contributed by atoms with Crippen LogP contribution in [-0.2, 0) is 31.3 Å². The van der Waals surface area contributed by atoms with Crippen LogP contribution in [0.3, 0.4) is 0 Å². The Balaban J connectivity index is 0.000000390. The van der Waals surface area contributed by atoms with Gasteiger partial charge in [-0.05, 0) is 159 Å². The SMILES string of the molecule is C1CC2(CCN1)CCO2.CCI.CO[C@@]1(C2SCCCS2)/C=C/C[C@H](C)[C@@H](C)S(=O)(=O)NC(=O)c2ccc3c(c2)N(C[C@@H]2CC[C@H]21)C[C@@]1(CCCc2cc(Cl)ccc21)CO3. The molecule has 5 aliphatic heterocycles. The summed E-state index contributed by atoms with van der Waals surface area (Å²) in [4.78, 5) is 16.0. The zero-order valence-electron chi connectivity index (χ0n) is 35.8. The number of halogens is 2. The maximum Gasteiger partial charge on any atom is 0.264 e. The zero-order chi connectivity index (χ0) is 42.5. The van der Waals surface area contributed by atoms with Crippen LogP contribution in [0.4, 0.5) is 5.69 Å². The van der Waals surface area contributed by atoms with Gasteiger partial charge in [0.1, 0.15) is 11.4 Å². The first kappa shape index (κ1) is 46.8. The van der Waals surface area contributed by atoms with Crippen LogP contribution in [0, 0.1) is 17.8 Å². The van der Waals surface area contributed by atoms with Crippen molar-refractivity contribution in [3.8, 4) is 5.75 Å². The standard InChI is InChI=1S/C37H47ClN2O5S3.C7H13NO.C2H5I/c1-24-7-4-16-37(44-3,35-46-17-6-18-47-35)31-12-9-28(31)21-40-22-36(15-5-8-26-19-29(38)11-13-30(26)36)23-45-33-14-10-27(20-32(33)40)34(41)39-48(42,43)25(24)2;1-4-8-5-2-7(1)3-6-9-7;1-2-3/h4,10-11,13-14,16,19-20,24-25,28,31,35H,5-9,12,15,17-18,21-23H2,1-3H3,(H,39,41);8H,1-6H2;2H2,1H3/b16-4+;;/t24-,25+,28-,31+,36-,37-;;/m0../s1. The number of hydrogen-bond acceptors (Lipinski definition) is 10. The minimum absolute atomic E-state index is 0.196. The maximum atomic E-state index is 13.6. The number of rotatable bonds is 2. The van der Waals surface area contributed by atoms with E-state index in [1.54, 1.807) is 13.0 Å². The fourth-order valence-corrected chi connectivity index (χ4v) is 15.2. The number of thioether (sulfide) groups is 2. The van der Waals surface area contributed by atoms with E-state index in [0.717, 1.165) is 92.9 Å². The number of nitrogens with one attached hydrogen (secondary N) is 2. The van der Waals surface area contributed by atoms with Crippen molar-refractivity contribution in [1.82, 2.24) is 10.0 Å². The Labute approximate surface area is 386 Å². The van der Waals surface area contributed by atoms with E-state index in [1.807, 2.05) is 55.8 Å². The first-order valence-electron chi connectivity index (χ1n) is 22.1. The number of ether oxygens (including phenoxy) is 3. The van der Waals surface area contributed by atoms with Crippen molar-refractivity contribution in [3.05, 3.63) is 70.3 Å². The summed E-state index contributed by atoms with van der Waals surface area (Å²) in [5.41, 5.74) is 3.35. The summed E-state index contributed by atoms with van der Waals surface area (Å²) in [5, 5.41) is 3.32. The molecule has 9 nitrogen and oxygen atoms in total. The van der Waals surface area contributed by atoms with E-state index in [0.29, 0.717) is 36.0 Å². The number of anilines is 1. The van der Waals surface area contributed by atoms with Crippen LogP contribution in [-0.4, -0.2) is 97.8 Å². The number of fused-ring (bicyclic) bond motifs is 4. The lowest BCUT2D eigenvalue weighted by atomic mass is 9.64. The van der Waals surface area contributed by atoms with Crippen molar-refractivity contribution in [2.75, 3.05) is 67.3 Å². The van der Waals surface area contributed by atoms with Gasteiger partial charge in [-0.1, -0.05) is 66.3 Å². The van der Waals surface area contributed by atoms with Crippen molar-refractivity contribution >= 4 is 79.3 Å². The number of amides is 1. The van der Waals surface area contributed by atoms with Gasteiger partial charge in [0, 0.05) is 36.2 Å². The highest BCUT2D eigenvalue weighted by Gasteiger charge is 2.53. The summed E-state index contributed by atoms with van der Waals surface area (Å²) in [6.45, 7) is 11.1. The lowest BCUT2D eigenvalue weighted by molar-refractivity contribution is -0.160. The average Bonchev–Trinajstić information content (AvgIpc) is 3.38. The molecule has 3 saturated heterocycles. The Morgan fingerprint density at radius 1 is 1.03 bits per heavy atom. The highest BCUT2D eigenvalue weighted by Crippen LogP contribution is 2.54. The third-order valence-corrected chi connectivity index (χ3v) is 19.5. The van der Waals surface area contributed by atoms with E-state index >= 15 is 0 Å². The number of carbonyl (C=O) groups is 1. The van der Waals surface area contributed by atoms with E-state index in [9.17, 15) is 13.2 Å². The number of methoxy groups -OCH3 is 1. The molecule has 7 aliphatic rings. The molecule has 2 aromatic rings. The van der Waals surface area contributed by atoms with Crippen LogP contribution in [0.5, 0.6) is 5.75 Å². The van der Waals surface area contributed by atoms with Gasteiger partial charge >= 0.3 is 0 Å². The number of alkyl halides is 1. The summed E-state index contributed by atoms with van der Waals surface area (Å²) in [5.74, 6) is 2.83. The number of piperidine rings is 1. The summed E-state index contributed by atoms with van der Waals surface area (Å²) in [7, 11) is -2.07. The normalized spacial score (nSPS) is 32.7. The van der Waals surface area contributed by atoms with Crippen LogP contribution in [0.1, 0.15) is 100 Å². The Kier molecular flexibility index (Phi) is 15.8. The van der Waals surface area contributed by atoms with Gasteiger partial charge in [-0.15, -0.1) is 23.5 Å². The van der Waals surface area contributed by atoms with Gasteiger partial charge in [-0.3, -0.25) is 4.79 Å².